The van der Waals surface area contributed by atoms with Crippen molar-refractivity contribution in [1.82, 2.24) is 0 Å². The quantitative estimate of drug-likeness (QED) is 0.604. The third-order valence-corrected chi connectivity index (χ3v) is 1.81. The van der Waals surface area contributed by atoms with E-state index < -0.39 is 5.97 Å². The number of hydrogen-bond donors (Lipinski definition) is 1. The highest BCUT2D eigenvalue weighted by atomic mass is 16.7. The minimum atomic E-state index is -0.578. The summed E-state index contributed by atoms with van der Waals surface area (Å²) in [6.07, 6.45) is -0.209. The van der Waals surface area contributed by atoms with Crippen LogP contribution in [0.2, 0.25) is 0 Å². The molecule has 0 saturated heterocycles. The Kier molecular flexibility index (Phi) is 3.85. The molecule has 0 spiro atoms. The largest absolute Gasteiger partial charge is 0.343 e. The molecular formula is C11H13NO3. The van der Waals surface area contributed by atoms with Crippen molar-refractivity contribution in [1.29, 1.82) is 0 Å². The first-order valence-corrected chi connectivity index (χ1v) is 4.60. The Morgan fingerprint density at radius 2 is 2.00 bits per heavy atom. The van der Waals surface area contributed by atoms with Crippen LogP contribution in [0.4, 0.5) is 5.69 Å². The van der Waals surface area contributed by atoms with Crippen LogP contribution in [-0.2, 0) is 14.4 Å². The summed E-state index contributed by atoms with van der Waals surface area (Å²) in [6.45, 7) is 3.23. The van der Waals surface area contributed by atoms with Crippen LogP contribution in [0.15, 0.2) is 24.3 Å². The molecule has 4 nitrogen and oxygen atoms in total. The fourth-order valence-corrected chi connectivity index (χ4v) is 1.04. The van der Waals surface area contributed by atoms with Gasteiger partial charge in [0.05, 0.1) is 5.69 Å². The topological polar surface area (TPSA) is 55.4 Å². The predicted molar refractivity (Wildman–Crippen MR) is 56.2 cm³/mol. The van der Waals surface area contributed by atoms with Crippen molar-refractivity contribution in [2.24, 2.45) is 0 Å². The van der Waals surface area contributed by atoms with E-state index in [0.29, 0.717) is 0 Å². The van der Waals surface area contributed by atoms with E-state index in [0.717, 1.165) is 11.3 Å². The molecule has 0 heterocycles. The fraction of sp³-hybridized carbons (Fsp3) is 0.273. The molecule has 0 aromatic heterocycles. The molecule has 0 atom stereocenters. The second-order valence-electron chi connectivity index (χ2n) is 3.27. The first kappa shape index (κ1) is 11.2. The Bertz CT molecular complexity index is 374. The van der Waals surface area contributed by atoms with Gasteiger partial charge in [-0.05, 0) is 25.5 Å². The monoisotopic (exact) mass is 207 g/mol. The van der Waals surface area contributed by atoms with E-state index in [1.165, 1.54) is 6.92 Å². The smallest absolute Gasteiger partial charge is 0.339 e. The van der Waals surface area contributed by atoms with Crippen molar-refractivity contribution in [2.45, 2.75) is 20.3 Å². The van der Waals surface area contributed by atoms with Gasteiger partial charge in [-0.15, -0.1) is 0 Å². The van der Waals surface area contributed by atoms with Crippen LogP contribution < -0.4 is 5.48 Å². The molecule has 0 saturated carbocycles. The highest BCUT2D eigenvalue weighted by Crippen LogP contribution is 2.12. The van der Waals surface area contributed by atoms with Crippen LogP contribution >= 0.6 is 0 Å². The zero-order chi connectivity index (χ0) is 11.3. The molecule has 0 bridgehead atoms. The fourth-order valence-electron chi connectivity index (χ4n) is 1.04. The van der Waals surface area contributed by atoms with Gasteiger partial charge >= 0.3 is 5.97 Å². The number of nitrogens with one attached hydrogen (secondary N) is 1. The van der Waals surface area contributed by atoms with Gasteiger partial charge in [0.2, 0.25) is 0 Å². The summed E-state index contributed by atoms with van der Waals surface area (Å²) in [5.41, 5.74) is 4.20. The number of benzene rings is 1. The molecular weight excluding hydrogens is 194 g/mol. The summed E-state index contributed by atoms with van der Waals surface area (Å²) in [4.78, 5) is 26.3. The zero-order valence-electron chi connectivity index (χ0n) is 8.74. The molecule has 0 fully saturated rings. The lowest BCUT2D eigenvalue weighted by Crippen LogP contribution is -2.13. The normalized spacial score (nSPS) is 9.47. The van der Waals surface area contributed by atoms with Gasteiger partial charge in [-0.25, -0.2) is 10.3 Å². The van der Waals surface area contributed by atoms with Gasteiger partial charge < -0.3 is 4.84 Å². The highest BCUT2D eigenvalue weighted by Gasteiger charge is 2.07. The lowest BCUT2D eigenvalue weighted by Gasteiger charge is -2.07. The second-order valence-corrected chi connectivity index (χ2v) is 3.27. The maximum atomic E-state index is 11.0. The van der Waals surface area contributed by atoms with Gasteiger partial charge in [0.25, 0.3) is 0 Å². The van der Waals surface area contributed by atoms with Gasteiger partial charge in [-0.2, -0.15) is 0 Å². The lowest BCUT2D eigenvalue weighted by molar-refractivity contribution is -0.143. The lowest BCUT2D eigenvalue weighted by atomic mass is 10.2. The molecule has 80 valence electrons. The summed E-state index contributed by atoms with van der Waals surface area (Å²) in [5.74, 6) is -0.794. The first-order chi connectivity index (χ1) is 7.09. The van der Waals surface area contributed by atoms with E-state index in [1.54, 1.807) is 6.07 Å². The van der Waals surface area contributed by atoms with E-state index in [-0.39, 0.29) is 12.2 Å². The highest BCUT2D eigenvalue weighted by molar-refractivity contribution is 5.94. The zero-order valence-corrected chi connectivity index (χ0v) is 8.74. The molecule has 4 heteroatoms. The summed E-state index contributed by atoms with van der Waals surface area (Å²) in [6, 6.07) is 7.39. The molecule has 0 aliphatic heterocycles. The Morgan fingerprint density at radius 3 is 2.60 bits per heavy atom. The Labute approximate surface area is 88.2 Å². The van der Waals surface area contributed by atoms with E-state index in [4.69, 9.17) is 4.84 Å². The molecule has 1 aromatic rings. The van der Waals surface area contributed by atoms with Crippen LogP contribution in [0.1, 0.15) is 18.9 Å². The molecule has 1 rings (SSSR count). The van der Waals surface area contributed by atoms with Crippen molar-refractivity contribution in [2.75, 3.05) is 5.48 Å². The summed E-state index contributed by atoms with van der Waals surface area (Å²) in [5, 5.41) is 0. The van der Waals surface area contributed by atoms with Gasteiger partial charge in [0, 0.05) is 0 Å². The number of carbonyl (C=O) groups is 2. The Balaban J connectivity index is 2.47. The second kappa shape index (κ2) is 5.14. The van der Waals surface area contributed by atoms with Crippen LogP contribution in [0.25, 0.3) is 0 Å². The Morgan fingerprint density at radius 1 is 1.33 bits per heavy atom. The number of ketones is 1. The summed E-state index contributed by atoms with van der Waals surface area (Å²) < 4.78 is 0. The molecule has 1 N–H and O–H groups in total. The number of hydrogen-bond acceptors (Lipinski definition) is 4. The summed E-state index contributed by atoms with van der Waals surface area (Å²) >= 11 is 0. The summed E-state index contributed by atoms with van der Waals surface area (Å²) in [7, 11) is 0. The maximum Gasteiger partial charge on any atom is 0.339 e. The van der Waals surface area contributed by atoms with Crippen molar-refractivity contribution in [3.05, 3.63) is 29.8 Å². The Hall–Kier alpha value is -1.84. The van der Waals surface area contributed by atoms with Gasteiger partial charge in [0.15, 0.2) is 0 Å². The first-order valence-electron chi connectivity index (χ1n) is 4.60. The number of carbonyl (C=O) groups excluding carboxylic acids is 2. The molecule has 1 aromatic carbocycles. The van der Waals surface area contributed by atoms with E-state index in [2.05, 4.69) is 5.48 Å². The SMILES string of the molecule is CC(=O)CC(=O)ONc1ccccc1C. The average molecular weight is 207 g/mol. The molecule has 0 aliphatic carbocycles. The van der Waals surface area contributed by atoms with Crippen LogP contribution in [-0.4, -0.2) is 11.8 Å². The minimum Gasteiger partial charge on any atom is -0.343 e. The maximum absolute atomic E-state index is 11.0. The van der Waals surface area contributed by atoms with Gasteiger partial charge in [0.1, 0.15) is 12.2 Å². The molecule has 0 amide bonds. The van der Waals surface area contributed by atoms with Crippen LogP contribution in [0.5, 0.6) is 0 Å². The predicted octanol–water partition coefficient (Wildman–Crippen LogP) is 1.84. The van der Waals surface area contributed by atoms with Crippen LogP contribution in [0, 0.1) is 6.92 Å². The number of anilines is 1. The minimum absolute atomic E-state index is 0.209. The van der Waals surface area contributed by atoms with Gasteiger partial charge in [-0.3, -0.25) is 4.79 Å². The third kappa shape index (κ3) is 3.81. The molecule has 0 unspecified atom stereocenters. The number of para-hydroxylation sites is 1. The average Bonchev–Trinajstić information content (AvgIpc) is 2.15. The molecule has 15 heavy (non-hydrogen) atoms. The number of rotatable bonds is 4. The van der Waals surface area contributed by atoms with Crippen molar-refractivity contribution in [3.8, 4) is 0 Å². The van der Waals surface area contributed by atoms with Crippen LogP contribution in [0.3, 0.4) is 0 Å². The number of aryl methyl sites for hydroxylation is 1. The van der Waals surface area contributed by atoms with Crippen molar-refractivity contribution < 1.29 is 14.4 Å². The van der Waals surface area contributed by atoms with Gasteiger partial charge in [-0.1, -0.05) is 18.2 Å². The molecule has 0 radical (unpaired) electrons. The van der Waals surface area contributed by atoms with Crippen molar-refractivity contribution >= 4 is 17.4 Å². The van der Waals surface area contributed by atoms with E-state index >= 15 is 0 Å². The number of Topliss-reactive ketones (excluding diaryl/α,β-unsaturated/α-hetero) is 1. The van der Waals surface area contributed by atoms with E-state index in [9.17, 15) is 9.59 Å². The third-order valence-electron chi connectivity index (χ3n) is 1.81. The van der Waals surface area contributed by atoms with Crippen molar-refractivity contribution in [3.63, 3.8) is 0 Å². The molecule has 0 aliphatic rings. The van der Waals surface area contributed by atoms with E-state index in [1.807, 2.05) is 25.1 Å². The standard InChI is InChI=1S/C11H13NO3/c1-8-5-3-4-6-10(8)12-15-11(14)7-9(2)13/h3-6,12H,7H2,1-2H3.